The topological polar surface area (TPSA) is 92.3 Å². The number of carbonyl (C=O) groups excluding carboxylic acids is 1. The zero-order valence-corrected chi connectivity index (χ0v) is 19.9. The highest BCUT2D eigenvalue weighted by molar-refractivity contribution is 7.88. The summed E-state index contributed by atoms with van der Waals surface area (Å²) >= 11 is 7.27. The first-order valence-corrected chi connectivity index (χ1v) is 13.0. The Kier molecular flexibility index (Phi) is 6.90. The molecule has 1 amide bonds. The number of hydrogen-bond donors (Lipinski definition) is 1. The molecule has 1 atom stereocenters. The van der Waals surface area contributed by atoms with Crippen molar-refractivity contribution in [2.75, 3.05) is 18.4 Å². The molecular weight excluding hydrogens is 468 g/mol. The highest BCUT2D eigenvalue weighted by atomic mass is 35.5. The molecule has 2 aromatic carbocycles. The van der Waals surface area contributed by atoms with Crippen LogP contribution in [0, 0.1) is 12.8 Å². The number of sulfonamides is 1. The Morgan fingerprint density at radius 2 is 2.00 bits per heavy atom. The largest absolute Gasteiger partial charge is 0.300 e. The summed E-state index contributed by atoms with van der Waals surface area (Å²) in [6.45, 7) is 2.57. The molecule has 1 aliphatic heterocycles. The third-order valence-electron chi connectivity index (χ3n) is 5.34. The molecule has 3 aromatic rings. The molecule has 0 spiro atoms. The molecule has 0 radical (unpaired) electrons. The Morgan fingerprint density at radius 1 is 1.22 bits per heavy atom. The minimum absolute atomic E-state index is 0.141. The van der Waals surface area contributed by atoms with E-state index >= 15 is 0 Å². The lowest BCUT2D eigenvalue weighted by Crippen LogP contribution is -2.44. The zero-order valence-electron chi connectivity index (χ0n) is 17.5. The van der Waals surface area contributed by atoms with Crippen molar-refractivity contribution >= 4 is 44.0 Å². The highest BCUT2D eigenvalue weighted by Gasteiger charge is 2.32. The fourth-order valence-corrected chi connectivity index (χ4v) is 6.19. The highest BCUT2D eigenvalue weighted by Crippen LogP contribution is 2.28. The van der Waals surface area contributed by atoms with Crippen LogP contribution in [0.2, 0.25) is 5.02 Å². The Morgan fingerprint density at radius 3 is 2.75 bits per heavy atom. The van der Waals surface area contributed by atoms with Crippen molar-refractivity contribution < 1.29 is 13.2 Å². The van der Waals surface area contributed by atoms with Gasteiger partial charge in [0.1, 0.15) is 5.01 Å². The Bertz CT molecular complexity index is 1210. The molecule has 1 fully saturated rings. The number of rotatable bonds is 6. The van der Waals surface area contributed by atoms with Crippen LogP contribution in [0.1, 0.15) is 24.0 Å². The lowest BCUT2D eigenvalue weighted by atomic mass is 9.99. The zero-order chi connectivity index (χ0) is 22.7. The minimum atomic E-state index is -3.56. The normalized spacial score (nSPS) is 17.2. The van der Waals surface area contributed by atoms with E-state index in [4.69, 9.17) is 11.6 Å². The maximum Gasteiger partial charge on any atom is 0.230 e. The van der Waals surface area contributed by atoms with Gasteiger partial charge in [-0.1, -0.05) is 64.9 Å². The number of nitrogens with one attached hydrogen (secondary N) is 1. The smallest absolute Gasteiger partial charge is 0.230 e. The first-order chi connectivity index (χ1) is 15.3. The second-order valence-corrected chi connectivity index (χ2v) is 11.2. The number of aryl methyl sites for hydroxylation is 1. The van der Waals surface area contributed by atoms with Crippen molar-refractivity contribution in [3.8, 4) is 10.6 Å². The molecule has 7 nitrogen and oxygen atoms in total. The van der Waals surface area contributed by atoms with Gasteiger partial charge in [-0.15, -0.1) is 10.2 Å². The van der Waals surface area contributed by atoms with E-state index in [0.29, 0.717) is 35.1 Å². The number of anilines is 1. The van der Waals surface area contributed by atoms with Gasteiger partial charge in [0.05, 0.1) is 11.7 Å². The Balaban J connectivity index is 1.40. The molecule has 0 bridgehead atoms. The molecule has 1 saturated heterocycles. The summed E-state index contributed by atoms with van der Waals surface area (Å²) in [6, 6.07) is 14.7. The van der Waals surface area contributed by atoms with Crippen molar-refractivity contribution in [3.63, 3.8) is 0 Å². The second-order valence-electron chi connectivity index (χ2n) is 7.85. The average molecular weight is 491 g/mol. The van der Waals surface area contributed by atoms with Crippen molar-refractivity contribution in [1.82, 2.24) is 14.5 Å². The molecule has 1 aromatic heterocycles. The summed E-state index contributed by atoms with van der Waals surface area (Å²) in [5.74, 6) is -0.818. The number of piperidine rings is 1. The van der Waals surface area contributed by atoms with Crippen molar-refractivity contribution in [2.45, 2.75) is 25.5 Å². The van der Waals surface area contributed by atoms with Gasteiger partial charge in [0, 0.05) is 23.7 Å². The van der Waals surface area contributed by atoms with Crippen molar-refractivity contribution in [3.05, 3.63) is 64.7 Å². The number of benzene rings is 2. The minimum Gasteiger partial charge on any atom is -0.300 e. The monoisotopic (exact) mass is 490 g/mol. The predicted octanol–water partition coefficient (Wildman–Crippen LogP) is 4.35. The standard InChI is InChI=1S/C22H23ClN4O3S2/c1-15-7-9-17(10-8-15)21-25-26-22(31-21)24-20(28)18-5-3-11-27(13-18)32(29,30)14-16-4-2-6-19(23)12-16/h2,4,6-10,12,18H,3,5,11,13-14H2,1H3,(H,24,26,28)/t18-/m1/s1. The summed E-state index contributed by atoms with van der Waals surface area (Å²) < 4.78 is 27.2. The van der Waals surface area contributed by atoms with Crippen LogP contribution < -0.4 is 5.32 Å². The lowest BCUT2D eigenvalue weighted by molar-refractivity contribution is -0.120. The van der Waals surface area contributed by atoms with Crippen LogP contribution in [-0.4, -0.2) is 41.9 Å². The number of halogens is 1. The summed E-state index contributed by atoms with van der Waals surface area (Å²) in [5, 5.41) is 12.7. The summed E-state index contributed by atoms with van der Waals surface area (Å²) in [5.41, 5.74) is 2.71. The summed E-state index contributed by atoms with van der Waals surface area (Å²) in [4.78, 5) is 12.8. The van der Waals surface area contributed by atoms with Crippen LogP contribution in [0.5, 0.6) is 0 Å². The van der Waals surface area contributed by atoms with Crippen LogP contribution in [0.25, 0.3) is 10.6 Å². The predicted molar refractivity (Wildman–Crippen MR) is 127 cm³/mol. The van der Waals surface area contributed by atoms with Crippen LogP contribution in [0.3, 0.4) is 0 Å². The van der Waals surface area contributed by atoms with E-state index in [1.165, 1.54) is 15.6 Å². The molecule has 2 heterocycles. The van der Waals surface area contributed by atoms with E-state index in [-0.39, 0.29) is 18.2 Å². The number of nitrogens with zero attached hydrogens (tertiary/aromatic N) is 3. The van der Waals surface area contributed by atoms with E-state index < -0.39 is 15.9 Å². The fraction of sp³-hybridized carbons (Fsp3) is 0.318. The van der Waals surface area contributed by atoms with Crippen LogP contribution in [0.15, 0.2) is 48.5 Å². The number of carbonyl (C=O) groups is 1. The Labute approximate surface area is 196 Å². The van der Waals surface area contributed by atoms with Gasteiger partial charge in [-0.3, -0.25) is 4.79 Å². The molecule has 0 saturated carbocycles. The second kappa shape index (κ2) is 9.66. The molecule has 1 aliphatic rings. The third-order valence-corrected chi connectivity index (χ3v) is 8.28. The van der Waals surface area contributed by atoms with Crippen molar-refractivity contribution in [2.24, 2.45) is 5.92 Å². The summed E-state index contributed by atoms with van der Waals surface area (Å²) in [7, 11) is -3.56. The number of aromatic nitrogens is 2. The number of amides is 1. The average Bonchev–Trinajstić information content (AvgIpc) is 3.22. The van der Waals surface area contributed by atoms with E-state index in [0.717, 1.165) is 16.1 Å². The van der Waals surface area contributed by atoms with Gasteiger partial charge in [-0.05, 0) is 37.5 Å². The van der Waals surface area contributed by atoms with E-state index in [2.05, 4.69) is 15.5 Å². The lowest BCUT2D eigenvalue weighted by Gasteiger charge is -2.31. The van der Waals surface area contributed by atoms with Gasteiger partial charge in [-0.25, -0.2) is 12.7 Å². The third kappa shape index (κ3) is 5.53. The molecular formula is C22H23ClN4O3S2. The molecule has 168 valence electrons. The van der Waals surface area contributed by atoms with E-state index in [1.54, 1.807) is 24.3 Å². The number of hydrogen-bond acceptors (Lipinski definition) is 6. The Hall–Kier alpha value is -2.33. The van der Waals surface area contributed by atoms with Crippen LogP contribution in [-0.2, 0) is 20.6 Å². The molecule has 32 heavy (non-hydrogen) atoms. The molecule has 4 rings (SSSR count). The van der Waals surface area contributed by atoms with Gasteiger partial charge < -0.3 is 5.32 Å². The molecule has 10 heteroatoms. The van der Waals surface area contributed by atoms with Gasteiger partial charge in [0.15, 0.2) is 0 Å². The quantitative estimate of drug-likeness (QED) is 0.554. The van der Waals surface area contributed by atoms with Crippen LogP contribution in [0.4, 0.5) is 5.13 Å². The van der Waals surface area contributed by atoms with Gasteiger partial charge in [-0.2, -0.15) is 0 Å². The van der Waals surface area contributed by atoms with E-state index in [9.17, 15) is 13.2 Å². The maximum atomic E-state index is 12.9. The fourth-order valence-electron chi connectivity index (χ4n) is 3.63. The SMILES string of the molecule is Cc1ccc(-c2nnc(NC(=O)[C@@H]3CCCN(S(=O)(=O)Cc4cccc(Cl)c4)C3)s2)cc1. The molecule has 1 N–H and O–H groups in total. The maximum absolute atomic E-state index is 12.9. The molecule has 0 aliphatic carbocycles. The van der Waals surface area contributed by atoms with Gasteiger partial charge in [0.2, 0.25) is 21.1 Å². The van der Waals surface area contributed by atoms with Crippen LogP contribution >= 0.6 is 22.9 Å². The van der Waals surface area contributed by atoms with Gasteiger partial charge in [0.25, 0.3) is 0 Å². The van der Waals surface area contributed by atoms with E-state index in [1.807, 2.05) is 31.2 Å². The van der Waals surface area contributed by atoms with Gasteiger partial charge >= 0.3 is 0 Å². The first-order valence-electron chi connectivity index (χ1n) is 10.2. The first kappa shape index (κ1) is 22.8. The summed E-state index contributed by atoms with van der Waals surface area (Å²) in [6.07, 6.45) is 1.25. The van der Waals surface area contributed by atoms with Crippen molar-refractivity contribution in [1.29, 1.82) is 0 Å². The molecule has 0 unspecified atom stereocenters.